The molecule has 26 atom stereocenters. The number of rotatable bonds is 24. The number of benzene rings is 1. The van der Waals surface area contributed by atoms with Crippen LogP contribution in [0.2, 0.25) is 0 Å². The molecule has 0 radical (unpaired) electrons. The Balaban J connectivity index is 1.24. The summed E-state index contributed by atoms with van der Waals surface area (Å²) < 4.78 is 89.3. The summed E-state index contributed by atoms with van der Waals surface area (Å²) in [6.45, 7) is 15.0. The van der Waals surface area contributed by atoms with Crippen LogP contribution in [0.1, 0.15) is 203 Å². The molecule has 1 aromatic rings. The van der Waals surface area contributed by atoms with Crippen molar-refractivity contribution in [2.24, 2.45) is 5.92 Å². The molecule has 6 saturated heterocycles. The molecule has 25 heteroatoms. The lowest BCUT2D eigenvalue weighted by atomic mass is 9.95. The van der Waals surface area contributed by atoms with Crippen LogP contribution in [0.15, 0.2) is 36.4 Å². The molecule has 0 aliphatic carbocycles. The Morgan fingerprint density at radius 1 is 0.500 bits per heavy atom. The maximum absolute atomic E-state index is 14.4. The average molecular weight is 1340 g/mol. The Morgan fingerprint density at radius 2 is 1.05 bits per heavy atom. The smallest absolute Gasteiger partial charge is 0.331 e. The van der Waals surface area contributed by atoms with Crippen LogP contribution in [-0.2, 0) is 85.5 Å². The van der Waals surface area contributed by atoms with Gasteiger partial charge in [-0.3, -0.25) is 14.4 Å². The van der Waals surface area contributed by atoms with E-state index in [4.69, 9.17) is 66.3 Å². The highest BCUT2D eigenvalue weighted by atomic mass is 16.8. The van der Waals surface area contributed by atoms with Gasteiger partial charge in [-0.25, -0.2) is 4.79 Å². The highest BCUT2D eigenvalue weighted by Gasteiger charge is 2.59. The lowest BCUT2D eigenvalue weighted by Crippen LogP contribution is -2.68. The lowest BCUT2D eigenvalue weighted by molar-refractivity contribution is -0.399. The van der Waals surface area contributed by atoms with Crippen molar-refractivity contribution in [1.29, 1.82) is 0 Å². The summed E-state index contributed by atoms with van der Waals surface area (Å²) in [6.07, 6.45) is -20.5. The van der Waals surface area contributed by atoms with Gasteiger partial charge in [0, 0.05) is 18.9 Å². The summed E-state index contributed by atoms with van der Waals surface area (Å²) in [4.78, 5) is 55.3. The maximum atomic E-state index is 14.4. The first kappa shape index (κ1) is 77.5. The van der Waals surface area contributed by atoms with Crippen LogP contribution in [0.4, 0.5) is 0 Å². The minimum absolute atomic E-state index is 0.0378. The van der Waals surface area contributed by atoms with E-state index in [0.717, 1.165) is 96.0 Å². The number of ether oxygens (including phenoxy) is 14. The van der Waals surface area contributed by atoms with E-state index >= 15 is 0 Å². The summed E-state index contributed by atoms with van der Waals surface area (Å²) in [6, 6.07) is 8.88. The summed E-state index contributed by atoms with van der Waals surface area (Å²) in [5.74, 6) is -3.72. The zero-order valence-corrected chi connectivity index (χ0v) is 56.5. The minimum atomic E-state index is -1.94. The Morgan fingerprint density at radius 3 is 1.76 bits per heavy atom. The van der Waals surface area contributed by atoms with Crippen LogP contribution < -0.4 is 0 Å². The summed E-state index contributed by atoms with van der Waals surface area (Å²) in [5.41, 5.74) is 0.663. The Hall–Kier alpha value is -3.84. The van der Waals surface area contributed by atoms with Gasteiger partial charge in [0.2, 0.25) is 0 Å². The molecule has 6 aliphatic rings. The molecule has 1 aromatic carbocycles. The molecule has 94 heavy (non-hydrogen) atoms. The largest absolute Gasteiger partial charge is 0.455 e. The number of carbonyl (C=O) groups excluding carboxylic acids is 4. The van der Waals surface area contributed by atoms with Gasteiger partial charge in [0.05, 0.1) is 42.5 Å². The fraction of sp³-hybridized carbons (Fsp3) is 0.826. The van der Waals surface area contributed by atoms with Crippen LogP contribution >= 0.6 is 0 Å². The molecule has 25 nitrogen and oxygen atoms in total. The molecule has 0 spiro atoms. The monoisotopic (exact) mass is 1340 g/mol. The third-order valence-corrected chi connectivity index (χ3v) is 18.6. The molecule has 6 aliphatic heterocycles. The predicted molar refractivity (Wildman–Crippen MR) is 336 cm³/mol. The van der Waals surface area contributed by atoms with Gasteiger partial charge in [-0.05, 0) is 71.9 Å². The molecule has 0 saturated carbocycles. The molecule has 7 rings (SSSR count). The van der Waals surface area contributed by atoms with Gasteiger partial charge in [-0.1, -0.05) is 154 Å². The van der Waals surface area contributed by atoms with Crippen LogP contribution in [0.5, 0.6) is 0 Å². The third-order valence-electron chi connectivity index (χ3n) is 18.6. The molecule has 7 N–H and O–H groups in total. The summed E-state index contributed by atoms with van der Waals surface area (Å²) in [5, 5.41) is 81.8. The van der Waals surface area contributed by atoms with E-state index in [9.17, 15) is 54.9 Å². The average Bonchev–Trinajstić information content (AvgIpc) is 0.797. The minimum Gasteiger partial charge on any atom is -0.455 e. The number of hydrogen-bond donors (Lipinski definition) is 7. The third kappa shape index (κ3) is 21.8. The first-order valence-corrected chi connectivity index (χ1v) is 34.9. The van der Waals surface area contributed by atoms with Gasteiger partial charge in [0.25, 0.3) is 0 Å². The SMILES string of the molecule is CCCCCCCCCC(=O)O[C@H]1[C@H](O[C@@H]2[C@@H](O)[C@H]3OC(=O)CCCCCCCCC[C@H](CCCCC)O[C@@H]4O[C@H](C)[C@H](O)[C@H](O)[C@H]4O[C@@H]3O[C@H]2C)O[C@@H](C)[C@H](O[C@@H]2O[C@@H](C)[C@H](OC(=O)C(C)C)[C@@H](OC(=O)/C=C/c3ccccc3)[C@H]2O)[C@H]1O[C@@H]1O[C@@H](C)[C@H](O)[C@@H](O)[C@H]1O. The first-order valence-electron chi connectivity index (χ1n) is 34.9. The molecular formula is C69H110O25. The lowest BCUT2D eigenvalue weighted by Gasteiger charge is -2.51. The Kier molecular flexibility index (Phi) is 31.7. The fourth-order valence-corrected chi connectivity index (χ4v) is 12.8. The molecule has 536 valence electrons. The number of unbranched alkanes of at least 4 members (excludes halogenated alkanes) is 8. The van der Waals surface area contributed by atoms with Crippen molar-refractivity contribution in [3.63, 3.8) is 0 Å². The second-order valence-corrected chi connectivity index (χ2v) is 26.6. The van der Waals surface area contributed by atoms with Crippen molar-refractivity contribution in [2.75, 3.05) is 0 Å². The molecule has 6 fully saturated rings. The van der Waals surface area contributed by atoms with Gasteiger partial charge in [0.1, 0.15) is 67.1 Å². The number of hydrogen-bond acceptors (Lipinski definition) is 25. The van der Waals surface area contributed by atoms with E-state index < -0.39 is 183 Å². The molecule has 0 aromatic heterocycles. The predicted octanol–water partition coefficient (Wildman–Crippen LogP) is 6.42. The molecule has 0 unspecified atom stereocenters. The van der Waals surface area contributed by atoms with Crippen molar-refractivity contribution in [3.05, 3.63) is 42.0 Å². The second kappa shape index (κ2) is 38.5. The van der Waals surface area contributed by atoms with Crippen LogP contribution in [0, 0.1) is 5.92 Å². The van der Waals surface area contributed by atoms with E-state index in [2.05, 4.69) is 13.8 Å². The Bertz CT molecular complexity index is 2440. The van der Waals surface area contributed by atoms with Crippen molar-refractivity contribution in [1.82, 2.24) is 0 Å². The van der Waals surface area contributed by atoms with Gasteiger partial charge in [-0.2, -0.15) is 0 Å². The van der Waals surface area contributed by atoms with Gasteiger partial charge in [0.15, 0.2) is 55.9 Å². The normalized spacial score (nSPS) is 39.1. The molecule has 0 amide bonds. The van der Waals surface area contributed by atoms with Crippen molar-refractivity contribution >= 4 is 30.0 Å². The molecular weight excluding hydrogens is 1230 g/mol. The molecule has 6 heterocycles. The van der Waals surface area contributed by atoms with E-state index in [1.807, 2.05) is 0 Å². The molecule has 0 bridgehead atoms. The van der Waals surface area contributed by atoms with Crippen molar-refractivity contribution in [2.45, 2.75) is 357 Å². The second-order valence-electron chi connectivity index (χ2n) is 26.6. The van der Waals surface area contributed by atoms with Crippen molar-refractivity contribution in [3.8, 4) is 0 Å². The maximum Gasteiger partial charge on any atom is 0.331 e. The highest BCUT2D eigenvalue weighted by Crippen LogP contribution is 2.40. The number of aliphatic hydroxyl groups is 7. The zero-order valence-electron chi connectivity index (χ0n) is 56.5. The quantitative estimate of drug-likeness (QED) is 0.0254. The van der Waals surface area contributed by atoms with E-state index in [1.54, 1.807) is 51.1 Å². The van der Waals surface area contributed by atoms with Crippen LogP contribution in [0.3, 0.4) is 0 Å². The summed E-state index contributed by atoms with van der Waals surface area (Å²) >= 11 is 0. The first-order chi connectivity index (χ1) is 45.0. The Labute approximate surface area is 553 Å². The number of carbonyl (C=O) groups is 4. The van der Waals surface area contributed by atoms with Crippen LogP contribution in [0.25, 0.3) is 6.08 Å². The standard InChI is InChI=1S/C69H110O25/c1-10-12-14-15-17-21-29-35-47(71)89-63-62(94-65-53(77)51(75)49(73)39(5)81-65)58(92-66-55(79)59(57(42(8)83-66)90-64(80)38(3)4)87-48(72)37-36-44-30-25-23-26-31-44)43(9)85-69(63)91-56-41(7)84-68-61(54(56)78)88-46(70)34-28-22-19-16-18-20-27-33-45(32-24-13-11-2)86-67-60(93-68)52(76)50(74)40(6)82-67/h23,25-26,30-31,36-43,45,49-63,65-69,73-79H,10-22,24,27-29,32-35H2,1-9H3/b37-36+/t39-,40+,41-,42-,43-,45-,49-,50-,51+,52-,53+,54+,55+,56-,57-,58-,59-,60+,61+,62+,63+,65-,66-,67-,68-,69-/m0/s1. The van der Waals surface area contributed by atoms with Gasteiger partial charge in [-0.15, -0.1) is 0 Å². The topological polar surface area (TPSA) is 339 Å². The van der Waals surface area contributed by atoms with E-state index in [-0.39, 0.29) is 18.9 Å². The summed E-state index contributed by atoms with van der Waals surface area (Å²) in [7, 11) is 0. The zero-order chi connectivity index (χ0) is 68.2. The number of aliphatic hydroxyl groups excluding tert-OH is 7. The fourth-order valence-electron chi connectivity index (χ4n) is 12.8. The number of fused-ring (bicyclic) bond motifs is 2. The van der Waals surface area contributed by atoms with E-state index in [1.165, 1.54) is 33.8 Å². The highest BCUT2D eigenvalue weighted by molar-refractivity contribution is 5.87. The van der Waals surface area contributed by atoms with Crippen molar-refractivity contribution < 1.29 is 121 Å². The number of esters is 4. The van der Waals surface area contributed by atoms with E-state index in [0.29, 0.717) is 37.7 Å². The van der Waals surface area contributed by atoms with Gasteiger partial charge >= 0.3 is 23.9 Å². The van der Waals surface area contributed by atoms with Crippen LogP contribution in [-0.4, -0.2) is 219 Å². The van der Waals surface area contributed by atoms with Gasteiger partial charge < -0.3 is 102 Å².